The third-order valence-electron chi connectivity index (χ3n) is 3.43. The molecule has 2 N–H and O–H groups in total. The molecule has 0 aliphatic heterocycles. The van der Waals surface area contributed by atoms with E-state index in [0.29, 0.717) is 6.42 Å². The number of aryl methyl sites for hydroxylation is 2. The van der Waals surface area contributed by atoms with Gasteiger partial charge in [-0.05, 0) is 55.2 Å². The summed E-state index contributed by atoms with van der Waals surface area (Å²) in [6.45, 7) is 3.99. The lowest BCUT2D eigenvalue weighted by Crippen LogP contribution is -2.16. The van der Waals surface area contributed by atoms with Gasteiger partial charge in [0.25, 0.3) is 0 Å². The molecule has 0 fully saturated rings. The Morgan fingerprint density at radius 2 is 1.68 bits per heavy atom. The summed E-state index contributed by atoms with van der Waals surface area (Å²) in [6.07, 6.45) is 0.499. The largest absolute Gasteiger partial charge is 0.324 e. The zero-order valence-corrected chi connectivity index (χ0v) is 11.1. The van der Waals surface area contributed by atoms with Gasteiger partial charge in [0, 0.05) is 11.6 Å². The van der Waals surface area contributed by atoms with E-state index >= 15 is 0 Å². The van der Waals surface area contributed by atoms with Gasteiger partial charge in [0.05, 0.1) is 0 Å². The van der Waals surface area contributed by atoms with Gasteiger partial charge < -0.3 is 5.73 Å². The van der Waals surface area contributed by atoms with Crippen LogP contribution in [0.1, 0.15) is 28.3 Å². The van der Waals surface area contributed by atoms with Crippen molar-refractivity contribution in [1.82, 2.24) is 0 Å². The van der Waals surface area contributed by atoms with Gasteiger partial charge in [-0.25, -0.2) is 8.78 Å². The van der Waals surface area contributed by atoms with Crippen LogP contribution < -0.4 is 5.73 Å². The second-order valence-corrected chi connectivity index (χ2v) is 4.85. The Bertz CT molecular complexity index is 573. The van der Waals surface area contributed by atoms with Crippen LogP contribution in [0, 0.1) is 25.5 Å². The van der Waals surface area contributed by atoms with Gasteiger partial charge in [-0.2, -0.15) is 0 Å². The molecule has 0 amide bonds. The van der Waals surface area contributed by atoms with Crippen LogP contribution in [-0.2, 0) is 6.42 Å². The lowest BCUT2D eigenvalue weighted by molar-refractivity contribution is 0.560. The van der Waals surface area contributed by atoms with Crippen LogP contribution in [0.25, 0.3) is 0 Å². The van der Waals surface area contributed by atoms with Gasteiger partial charge in [0.2, 0.25) is 0 Å². The van der Waals surface area contributed by atoms with Gasteiger partial charge in [0.15, 0.2) is 0 Å². The maximum absolute atomic E-state index is 13.7. The van der Waals surface area contributed by atoms with E-state index < -0.39 is 17.7 Å². The monoisotopic (exact) mass is 261 g/mol. The maximum atomic E-state index is 13.7. The fourth-order valence-electron chi connectivity index (χ4n) is 2.30. The Balaban J connectivity index is 2.31. The van der Waals surface area contributed by atoms with Crippen molar-refractivity contribution in [2.24, 2.45) is 5.73 Å². The van der Waals surface area contributed by atoms with Crippen LogP contribution in [0.15, 0.2) is 36.4 Å². The predicted molar refractivity (Wildman–Crippen MR) is 72.9 cm³/mol. The number of hydrogen-bond donors (Lipinski definition) is 1. The smallest absolute Gasteiger partial charge is 0.128 e. The van der Waals surface area contributed by atoms with Gasteiger partial charge in [-0.15, -0.1) is 0 Å². The van der Waals surface area contributed by atoms with E-state index in [9.17, 15) is 8.78 Å². The molecule has 3 heteroatoms. The number of rotatable bonds is 3. The molecule has 0 spiro atoms. The zero-order chi connectivity index (χ0) is 14.0. The van der Waals surface area contributed by atoms with E-state index in [1.54, 1.807) is 0 Å². The summed E-state index contributed by atoms with van der Waals surface area (Å²) in [6, 6.07) is 8.82. The van der Waals surface area contributed by atoms with E-state index in [1.807, 2.05) is 32.0 Å². The van der Waals surface area contributed by atoms with Crippen LogP contribution in [0.2, 0.25) is 0 Å². The molecule has 0 radical (unpaired) electrons. The SMILES string of the molecule is Cc1cccc(C)c1CC(N)c1cc(F)ccc1F. The Morgan fingerprint density at radius 3 is 2.32 bits per heavy atom. The molecular formula is C16H17F2N. The van der Waals surface area contributed by atoms with Crippen molar-refractivity contribution < 1.29 is 8.78 Å². The highest BCUT2D eigenvalue weighted by Gasteiger charge is 2.15. The van der Waals surface area contributed by atoms with Crippen molar-refractivity contribution in [3.8, 4) is 0 Å². The fraction of sp³-hybridized carbons (Fsp3) is 0.250. The standard InChI is InChI=1S/C16H17F2N/c1-10-4-3-5-11(2)13(10)9-16(19)14-8-12(17)6-7-15(14)18/h3-8,16H,9,19H2,1-2H3. The van der Waals surface area contributed by atoms with Crippen molar-refractivity contribution in [2.75, 3.05) is 0 Å². The van der Waals surface area contributed by atoms with Crippen molar-refractivity contribution >= 4 is 0 Å². The summed E-state index contributed by atoms with van der Waals surface area (Å²) >= 11 is 0. The molecule has 0 bridgehead atoms. The summed E-state index contributed by atoms with van der Waals surface area (Å²) in [4.78, 5) is 0. The first kappa shape index (κ1) is 13.7. The van der Waals surface area contributed by atoms with Gasteiger partial charge in [-0.1, -0.05) is 18.2 Å². The van der Waals surface area contributed by atoms with Crippen molar-refractivity contribution in [3.05, 3.63) is 70.3 Å². The van der Waals surface area contributed by atoms with E-state index in [-0.39, 0.29) is 5.56 Å². The first-order chi connectivity index (χ1) is 8.99. The van der Waals surface area contributed by atoms with E-state index in [0.717, 1.165) is 28.8 Å². The second kappa shape index (κ2) is 5.49. The van der Waals surface area contributed by atoms with Crippen molar-refractivity contribution in [3.63, 3.8) is 0 Å². The molecule has 0 aliphatic carbocycles. The quantitative estimate of drug-likeness (QED) is 0.893. The molecule has 0 saturated carbocycles. The van der Waals surface area contributed by atoms with Crippen LogP contribution in [0.4, 0.5) is 8.78 Å². The molecule has 0 saturated heterocycles. The maximum Gasteiger partial charge on any atom is 0.128 e. The Morgan fingerprint density at radius 1 is 1.05 bits per heavy atom. The van der Waals surface area contributed by atoms with Gasteiger partial charge in [0.1, 0.15) is 11.6 Å². The lowest BCUT2D eigenvalue weighted by atomic mass is 9.93. The molecule has 1 atom stereocenters. The normalized spacial score (nSPS) is 12.5. The van der Waals surface area contributed by atoms with E-state index in [1.165, 1.54) is 6.07 Å². The van der Waals surface area contributed by atoms with E-state index in [2.05, 4.69) is 0 Å². The molecule has 2 aromatic rings. The summed E-state index contributed by atoms with van der Waals surface area (Å²) in [5.41, 5.74) is 9.58. The molecule has 0 heterocycles. The Hall–Kier alpha value is -1.74. The highest BCUT2D eigenvalue weighted by atomic mass is 19.1. The summed E-state index contributed by atoms with van der Waals surface area (Å²) in [5.74, 6) is -0.923. The number of nitrogens with two attached hydrogens (primary N) is 1. The van der Waals surface area contributed by atoms with Crippen molar-refractivity contribution in [2.45, 2.75) is 26.3 Å². The number of hydrogen-bond acceptors (Lipinski definition) is 1. The molecular weight excluding hydrogens is 244 g/mol. The average molecular weight is 261 g/mol. The lowest BCUT2D eigenvalue weighted by Gasteiger charge is -2.16. The minimum absolute atomic E-state index is 0.225. The molecule has 0 aliphatic rings. The summed E-state index contributed by atoms with van der Waals surface area (Å²) in [7, 11) is 0. The molecule has 0 aromatic heterocycles. The first-order valence-corrected chi connectivity index (χ1v) is 6.24. The highest BCUT2D eigenvalue weighted by Crippen LogP contribution is 2.23. The van der Waals surface area contributed by atoms with Crippen LogP contribution in [0.3, 0.4) is 0 Å². The molecule has 2 aromatic carbocycles. The molecule has 2 rings (SSSR count). The van der Waals surface area contributed by atoms with Crippen LogP contribution in [0.5, 0.6) is 0 Å². The molecule has 1 nitrogen and oxygen atoms in total. The zero-order valence-electron chi connectivity index (χ0n) is 11.1. The van der Waals surface area contributed by atoms with Gasteiger partial charge in [-0.3, -0.25) is 0 Å². The minimum Gasteiger partial charge on any atom is -0.324 e. The Kier molecular flexibility index (Phi) is 3.96. The first-order valence-electron chi connectivity index (χ1n) is 6.24. The summed E-state index contributed by atoms with van der Waals surface area (Å²) in [5, 5.41) is 0. The molecule has 1 unspecified atom stereocenters. The summed E-state index contributed by atoms with van der Waals surface area (Å²) < 4.78 is 26.9. The van der Waals surface area contributed by atoms with E-state index in [4.69, 9.17) is 5.73 Å². The van der Waals surface area contributed by atoms with Crippen LogP contribution >= 0.6 is 0 Å². The average Bonchev–Trinajstić information content (AvgIpc) is 2.37. The highest BCUT2D eigenvalue weighted by molar-refractivity contribution is 5.35. The third kappa shape index (κ3) is 2.99. The topological polar surface area (TPSA) is 26.0 Å². The second-order valence-electron chi connectivity index (χ2n) is 4.85. The number of halogens is 2. The predicted octanol–water partition coefficient (Wildman–Crippen LogP) is 3.82. The van der Waals surface area contributed by atoms with Gasteiger partial charge >= 0.3 is 0 Å². The van der Waals surface area contributed by atoms with Crippen LogP contribution in [-0.4, -0.2) is 0 Å². The molecule has 19 heavy (non-hydrogen) atoms. The minimum atomic E-state index is -0.546. The van der Waals surface area contributed by atoms with Crippen molar-refractivity contribution in [1.29, 1.82) is 0 Å². The fourth-order valence-corrected chi connectivity index (χ4v) is 2.30. The third-order valence-corrected chi connectivity index (χ3v) is 3.43. The molecule has 100 valence electrons. The Labute approximate surface area is 112 Å². The number of benzene rings is 2.